The van der Waals surface area contributed by atoms with Gasteiger partial charge in [0.1, 0.15) is 17.5 Å². The molecular weight excluding hydrogens is 419 g/mol. The average molecular weight is 432 g/mol. The minimum Gasteiger partial charge on any atom is -0.267 e. The van der Waals surface area contributed by atoms with Gasteiger partial charge in [-0.05, 0) is 42.0 Å². The second-order valence-electron chi connectivity index (χ2n) is 6.14. The zero-order valence-electron chi connectivity index (χ0n) is 14.8. The van der Waals surface area contributed by atoms with Crippen LogP contribution in [0.2, 0.25) is 5.02 Å². The Morgan fingerprint density at radius 2 is 1.55 bits per heavy atom. The molecule has 4 aromatic rings. The van der Waals surface area contributed by atoms with Crippen LogP contribution in [0.4, 0.5) is 13.2 Å². The van der Waals surface area contributed by atoms with E-state index in [1.807, 2.05) is 0 Å². The van der Waals surface area contributed by atoms with E-state index in [4.69, 9.17) is 11.6 Å². The highest BCUT2D eigenvalue weighted by atomic mass is 35.5. The van der Waals surface area contributed by atoms with Crippen LogP contribution >= 0.6 is 23.4 Å². The molecule has 4 rings (SSSR count). The number of aromatic nitrogens is 3. The van der Waals surface area contributed by atoms with Crippen LogP contribution in [-0.2, 0) is 5.75 Å². The second kappa shape index (κ2) is 8.31. The van der Waals surface area contributed by atoms with Gasteiger partial charge in [0.05, 0.1) is 10.7 Å². The molecule has 3 aromatic carbocycles. The summed E-state index contributed by atoms with van der Waals surface area (Å²) >= 11 is 7.50. The highest BCUT2D eigenvalue weighted by Gasteiger charge is 2.20. The van der Waals surface area contributed by atoms with E-state index in [2.05, 4.69) is 10.2 Å². The number of benzene rings is 3. The maximum absolute atomic E-state index is 14.6. The summed E-state index contributed by atoms with van der Waals surface area (Å²) in [4.78, 5) is 0. The molecule has 8 heteroatoms. The molecule has 0 saturated heterocycles. The van der Waals surface area contributed by atoms with E-state index in [0.717, 1.165) is 6.07 Å². The van der Waals surface area contributed by atoms with E-state index in [0.29, 0.717) is 27.1 Å². The van der Waals surface area contributed by atoms with Gasteiger partial charge in [-0.1, -0.05) is 47.6 Å². The lowest BCUT2D eigenvalue weighted by atomic mass is 10.2. The number of hydrogen-bond donors (Lipinski definition) is 0. The monoisotopic (exact) mass is 431 g/mol. The maximum atomic E-state index is 14.6. The molecule has 0 N–H and O–H groups in total. The molecule has 0 fully saturated rings. The lowest BCUT2D eigenvalue weighted by molar-refractivity contribution is 0.581. The maximum Gasteiger partial charge on any atom is 0.196 e. The molecule has 0 spiro atoms. The molecule has 0 atom stereocenters. The van der Waals surface area contributed by atoms with Crippen molar-refractivity contribution >= 4 is 23.4 Å². The van der Waals surface area contributed by atoms with E-state index in [1.54, 1.807) is 47.0 Å². The summed E-state index contributed by atoms with van der Waals surface area (Å²) in [6.07, 6.45) is 0. The van der Waals surface area contributed by atoms with E-state index < -0.39 is 17.5 Å². The first-order valence-corrected chi connectivity index (χ1v) is 9.92. The predicted octanol–water partition coefficient (Wildman–Crippen LogP) is 6.30. The van der Waals surface area contributed by atoms with Crippen LogP contribution < -0.4 is 0 Å². The Labute approximate surface area is 174 Å². The van der Waals surface area contributed by atoms with E-state index in [1.165, 1.54) is 30.0 Å². The predicted molar refractivity (Wildman–Crippen MR) is 108 cm³/mol. The molecule has 0 radical (unpaired) electrons. The van der Waals surface area contributed by atoms with E-state index >= 15 is 0 Å². The van der Waals surface area contributed by atoms with Crippen molar-refractivity contribution < 1.29 is 13.2 Å². The fourth-order valence-corrected chi connectivity index (χ4v) is 3.97. The molecular formula is C21H13ClF3N3S. The lowest BCUT2D eigenvalue weighted by Crippen LogP contribution is -2.02. The Morgan fingerprint density at radius 3 is 2.28 bits per heavy atom. The van der Waals surface area contributed by atoms with Crippen LogP contribution in [0.3, 0.4) is 0 Å². The van der Waals surface area contributed by atoms with Crippen molar-refractivity contribution in [1.29, 1.82) is 0 Å². The Balaban J connectivity index is 1.78. The first-order valence-electron chi connectivity index (χ1n) is 8.56. The number of halogens is 4. The average Bonchev–Trinajstić information content (AvgIpc) is 3.10. The highest BCUT2D eigenvalue weighted by Crippen LogP contribution is 2.33. The highest BCUT2D eigenvalue weighted by molar-refractivity contribution is 7.98. The van der Waals surface area contributed by atoms with Crippen molar-refractivity contribution in [2.75, 3.05) is 0 Å². The van der Waals surface area contributed by atoms with Crippen LogP contribution in [0.15, 0.2) is 71.9 Å². The standard InChI is InChI=1S/C21H13ClF3N3S/c22-17-6-2-1-5-16(17)20-26-27-21(28(20)19-8-4-3-7-18(19)25)29-12-13-9-14(23)11-15(24)10-13/h1-11H,12H2. The molecule has 3 nitrogen and oxygen atoms in total. The molecule has 0 aliphatic heterocycles. The molecule has 0 bridgehead atoms. The van der Waals surface area contributed by atoms with Gasteiger partial charge in [-0.25, -0.2) is 13.2 Å². The zero-order chi connectivity index (χ0) is 20.4. The van der Waals surface area contributed by atoms with Gasteiger partial charge < -0.3 is 0 Å². The number of rotatable bonds is 5. The van der Waals surface area contributed by atoms with Crippen LogP contribution in [0.1, 0.15) is 5.56 Å². The van der Waals surface area contributed by atoms with Gasteiger partial charge in [0.25, 0.3) is 0 Å². The molecule has 0 saturated carbocycles. The summed E-state index contributed by atoms with van der Waals surface area (Å²) in [6.45, 7) is 0. The number of thioether (sulfide) groups is 1. The summed E-state index contributed by atoms with van der Waals surface area (Å²) in [6, 6.07) is 16.6. The summed E-state index contributed by atoms with van der Waals surface area (Å²) in [5.41, 5.74) is 1.28. The quantitative estimate of drug-likeness (QED) is 0.347. The van der Waals surface area contributed by atoms with Crippen LogP contribution in [-0.4, -0.2) is 14.8 Å². The Hall–Kier alpha value is -2.77. The minimum atomic E-state index is -0.659. The summed E-state index contributed by atoms with van der Waals surface area (Å²) in [7, 11) is 0. The van der Waals surface area contributed by atoms with Gasteiger partial charge in [0.2, 0.25) is 0 Å². The van der Waals surface area contributed by atoms with Gasteiger partial charge in [0.15, 0.2) is 11.0 Å². The largest absolute Gasteiger partial charge is 0.267 e. The van der Waals surface area contributed by atoms with Crippen LogP contribution in [0.25, 0.3) is 17.1 Å². The Bertz CT molecular complexity index is 1160. The molecule has 0 aliphatic rings. The minimum absolute atomic E-state index is 0.226. The Morgan fingerprint density at radius 1 is 0.862 bits per heavy atom. The number of nitrogens with zero attached hydrogens (tertiary/aromatic N) is 3. The zero-order valence-corrected chi connectivity index (χ0v) is 16.4. The van der Waals surface area contributed by atoms with Crippen molar-refractivity contribution in [3.63, 3.8) is 0 Å². The molecule has 1 aromatic heterocycles. The fraction of sp³-hybridized carbons (Fsp3) is 0.0476. The third-order valence-electron chi connectivity index (χ3n) is 4.13. The summed E-state index contributed by atoms with van der Waals surface area (Å²) < 4.78 is 43.1. The molecule has 1 heterocycles. The lowest BCUT2D eigenvalue weighted by Gasteiger charge is -2.12. The third-order valence-corrected chi connectivity index (χ3v) is 5.46. The topological polar surface area (TPSA) is 30.7 Å². The molecule has 146 valence electrons. The van der Waals surface area contributed by atoms with E-state index in [-0.39, 0.29) is 11.4 Å². The Kier molecular flexibility index (Phi) is 5.60. The van der Waals surface area contributed by atoms with Gasteiger partial charge in [-0.3, -0.25) is 4.57 Å². The summed E-state index contributed by atoms with van der Waals surface area (Å²) in [5, 5.41) is 9.19. The van der Waals surface area contributed by atoms with Gasteiger partial charge >= 0.3 is 0 Å². The third kappa shape index (κ3) is 4.16. The summed E-state index contributed by atoms with van der Waals surface area (Å²) in [5.74, 6) is -1.18. The van der Waals surface area contributed by atoms with Crippen molar-refractivity contribution in [2.24, 2.45) is 0 Å². The SMILES string of the molecule is Fc1cc(F)cc(CSc2nnc(-c3ccccc3Cl)n2-c2ccccc2F)c1. The normalized spacial score (nSPS) is 11.0. The van der Waals surface area contributed by atoms with Crippen LogP contribution in [0, 0.1) is 17.5 Å². The first-order chi connectivity index (χ1) is 14.0. The van der Waals surface area contributed by atoms with Crippen molar-refractivity contribution in [3.8, 4) is 17.1 Å². The van der Waals surface area contributed by atoms with Crippen LogP contribution in [0.5, 0.6) is 0 Å². The molecule has 0 unspecified atom stereocenters. The number of para-hydroxylation sites is 1. The first kappa shape index (κ1) is 19.5. The van der Waals surface area contributed by atoms with Gasteiger partial charge in [0, 0.05) is 17.4 Å². The van der Waals surface area contributed by atoms with E-state index in [9.17, 15) is 13.2 Å². The van der Waals surface area contributed by atoms with Gasteiger partial charge in [-0.2, -0.15) is 0 Å². The molecule has 0 amide bonds. The smallest absolute Gasteiger partial charge is 0.196 e. The number of hydrogen-bond acceptors (Lipinski definition) is 3. The van der Waals surface area contributed by atoms with Gasteiger partial charge in [-0.15, -0.1) is 10.2 Å². The fourth-order valence-electron chi connectivity index (χ4n) is 2.87. The molecule has 29 heavy (non-hydrogen) atoms. The molecule has 0 aliphatic carbocycles. The second-order valence-corrected chi connectivity index (χ2v) is 7.49. The van der Waals surface area contributed by atoms with Crippen molar-refractivity contribution in [3.05, 3.63) is 94.8 Å². The van der Waals surface area contributed by atoms with Crippen molar-refractivity contribution in [2.45, 2.75) is 10.9 Å². The van der Waals surface area contributed by atoms with Crippen molar-refractivity contribution in [1.82, 2.24) is 14.8 Å².